The fourth-order valence-corrected chi connectivity index (χ4v) is 3.60. The molecule has 0 saturated carbocycles. The molecule has 1 aromatic heterocycles. The van der Waals surface area contributed by atoms with Gasteiger partial charge in [0.1, 0.15) is 5.75 Å². The Balaban J connectivity index is 2.93. The van der Waals surface area contributed by atoms with Gasteiger partial charge in [0.2, 0.25) is 0 Å². The molecular weight excluding hydrogens is 252 g/mol. The summed E-state index contributed by atoms with van der Waals surface area (Å²) in [5.74, 6) is 0.477. The van der Waals surface area contributed by atoms with Crippen LogP contribution in [0.2, 0.25) is 0 Å². The van der Waals surface area contributed by atoms with Crippen molar-refractivity contribution < 1.29 is 5.11 Å². The van der Waals surface area contributed by atoms with Crippen LogP contribution >= 0.6 is 11.3 Å². The molecule has 0 aliphatic carbocycles. The molecule has 104 valence electrons. The van der Waals surface area contributed by atoms with E-state index in [1.54, 1.807) is 0 Å². The highest BCUT2D eigenvalue weighted by Gasteiger charge is 2.28. The third-order valence-corrected chi connectivity index (χ3v) is 4.48. The summed E-state index contributed by atoms with van der Waals surface area (Å²) in [7, 11) is 0. The number of hydrogen-bond acceptors (Lipinski definition) is 2. The van der Waals surface area contributed by atoms with Gasteiger partial charge in [0.25, 0.3) is 0 Å². The van der Waals surface area contributed by atoms with Crippen LogP contribution in [0.25, 0.3) is 10.1 Å². The van der Waals surface area contributed by atoms with E-state index in [-0.39, 0.29) is 10.8 Å². The number of thiophene rings is 1. The highest BCUT2D eigenvalue weighted by Crippen LogP contribution is 2.45. The summed E-state index contributed by atoms with van der Waals surface area (Å²) < 4.78 is 1.28. The predicted molar refractivity (Wildman–Crippen MR) is 85.6 cm³/mol. The molecule has 0 fully saturated rings. The lowest BCUT2D eigenvalue weighted by Gasteiger charge is -2.28. The van der Waals surface area contributed by atoms with Gasteiger partial charge in [-0.05, 0) is 29.9 Å². The van der Waals surface area contributed by atoms with Crippen molar-refractivity contribution in [1.82, 2.24) is 0 Å². The smallest absolute Gasteiger partial charge is 0.123 e. The first kappa shape index (κ1) is 14.4. The topological polar surface area (TPSA) is 20.2 Å². The molecule has 0 bridgehead atoms. The first-order valence-corrected chi connectivity index (χ1v) is 7.60. The second-order valence-electron chi connectivity index (χ2n) is 7.42. The quantitative estimate of drug-likeness (QED) is 0.672. The Kier molecular flexibility index (Phi) is 3.21. The summed E-state index contributed by atoms with van der Waals surface area (Å²) >= 11 is 1.81. The van der Waals surface area contributed by atoms with Gasteiger partial charge in [0.05, 0.1) is 0 Å². The zero-order chi connectivity index (χ0) is 14.6. The lowest BCUT2D eigenvalue weighted by molar-refractivity contribution is 0.426. The minimum absolute atomic E-state index is 0.0455. The molecular formula is C17H24OS. The molecule has 1 N–H and O–H groups in total. The Hall–Kier alpha value is -1.02. The third kappa shape index (κ3) is 2.51. The molecule has 19 heavy (non-hydrogen) atoms. The molecule has 0 spiro atoms. The average Bonchev–Trinajstić information content (AvgIpc) is 2.52. The molecule has 2 aromatic rings. The van der Waals surface area contributed by atoms with E-state index in [0.717, 1.165) is 11.1 Å². The maximum absolute atomic E-state index is 10.8. The van der Waals surface area contributed by atoms with E-state index in [1.165, 1.54) is 15.0 Å². The number of phenolic OH excluding ortho intramolecular Hbond substituents is 1. The van der Waals surface area contributed by atoms with Crippen molar-refractivity contribution in [2.45, 2.75) is 59.3 Å². The van der Waals surface area contributed by atoms with Crippen LogP contribution in [-0.4, -0.2) is 5.11 Å². The fraction of sp³-hybridized carbons (Fsp3) is 0.529. The molecule has 0 amide bonds. The zero-order valence-corrected chi connectivity index (χ0v) is 13.8. The highest BCUT2D eigenvalue weighted by atomic mass is 32.1. The van der Waals surface area contributed by atoms with E-state index in [2.05, 4.69) is 60.6 Å². The molecule has 1 heterocycles. The van der Waals surface area contributed by atoms with Crippen molar-refractivity contribution in [3.05, 3.63) is 28.1 Å². The van der Waals surface area contributed by atoms with Gasteiger partial charge in [0.15, 0.2) is 0 Å². The van der Waals surface area contributed by atoms with Gasteiger partial charge in [-0.1, -0.05) is 41.5 Å². The van der Waals surface area contributed by atoms with Gasteiger partial charge >= 0.3 is 0 Å². The molecule has 0 aliphatic rings. The lowest BCUT2D eigenvalue weighted by atomic mass is 9.78. The fourth-order valence-electron chi connectivity index (χ4n) is 2.63. The summed E-state index contributed by atoms with van der Waals surface area (Å²) in [6.45, 7) is 15.1. The van der Waals surface area contributed by atoms with Crippen molar-refractivity contribution in [2.75, 3.05) is 0 Å². The summed E-state index contributed by atoms with van der Waals surface area (Å²) in [5.41, 5.74) is 2.03. The Morgan fingerprint density at radius 3 is 2.00 bits per heavy atom. The van der Waals surface area contributed by atoms with Crippen LogP contribution in [0.4, 0.5) is 0 Å². The van der Waals surface area contributed by atoms with E-state index >= 15 is 0 Å². The maximum Gasteiger partial charge on any atom is 0.123 e. The predicted octanol–water partition coefficient (Wildman–Crippen LogP) is 5.51. The average molecular weight is 276 g/mol. The van der Waals surface area contributed by atoms with E-state index in [9.17, 15) is 5.11 Å². The number of benzene rings is 1. The first-order valence-electron chi connectivity index (χ1n) is 6.79. The third-order valence-electron chi connectivity index (χ3n) is 3.48. The summed E-state index contributed by atoms with van der Waals surface area (Å²) in [6.07, 6.45) is 0. The minimum atomic E-state index is -0.0584. The van der Waals surface area contributed by atoms with Crippen LogP contribution in [0.1, 0.15) is 57.5 Å². The molecule has 0 aliphatic heterocycles. The van der Waals surface area contributed by atoms with Crippen LogP contribution in [0.15, 0.2) is 12.1 Å². The van der Waals surface area contributed by atoms with E-state index in [0.29, 0.717) is 5.75 Å². The normalized spacial score (nSPS) is 13.2. The van der Waals surface area contributed by atoms with Crippen molar-refractivity contribution in [3.8, 4) is 5.75 Å². The Morgan fingerprint density at radius 1 is 0.947 bits per heavy atom. The van der Waals surface area contributed by atoms with Crippen molar-refractivity contribution in [1.29, 1.82) is 0 Å². The SMILES string of the molecule is Cc1cc2c(C(C)(C)C)c(O)c(C(C)(C)C)cc2s1. The monoisotopic (exact) mass is 276 g/mol. The minimum Gasteiger partial charge on any atom is -0.507 e. The van der Waals surface area contributed by atoms with Gasteiger partial charge < -0.3 is 5.11 Å². The van der Waals surface area contributed by atoms with Crippen LogP contribution in [-0.2, 0) is 10.8 Å². The van der Waals surface area contributed by atoms with Gasteiger partial charge in [-0.25, -0.2) is 0 Å². The van der Waals surface area contributed by atoms with Gasteiger partial charge in [-0.2, -0.15) is 0 Å². The first-order chi connectivity index (χ1) is 8.51. The number of fused-ring (bicyclic) bond motifs is 1. The van der Waals surface area contributed by atoms with Gasteiger partial charge in [0, 0.05) is 26.1 Å². The number of hydrogen-bond donors (Lipinski definition) is 1. The molecule has 1 nitrogen and oxygen atoms in total. The molecule has 0 radical (unpaired) electrons. The van der Waals surface area contributed by atoms with E-state index in [1.807, 2.05) is 11.3 Å². The molecule has 1 aromatic carbocycles. The number of rotatable bonds is 0. The van der Waals surface area contributed by atoms with Crippen LogP contribution < -0.4 is 0 Å². The second kappa shape index (κ2) is 4.24. The second-order valence-corrected chi connectivity index (χ2v) is 8.70. The summed E-state index contributed by atoms with van der Waals surface area (Å²) in [5, 5.41) is 12.0. The van der Waals surface area contributed by atoms with Crippen molar-refractivity contribution in [3.63, 3.8) is 0 Å². The Bertz CT molecular complexity index is 621. The molecule has 2 rings (SSSR count). The van der Waals surface area contributed by atoms with Gasteiger partial charge in [-0.3, -0.25) is 0 Å². The lowest BCUT2D eigenvalue weighted by Crippen LogP contribution is -2.17. The number of aryl methyl sites for hydroxylation is 1. The van der Waals surface area contributed by atoms with Crippen LogP contribution in [0, 0.1) is 6.92 Å². The molecule has 0 unspecified atom stereocenters. The maximum atomic E-state index is 10.8. The van der Waals surface area contributed by atoms with E-state index in [4.69, 9.17) is 0 Å². The summed E-state index contributed by atoms with van der Waals surface area (Å²) in [6, 6.07) is 4.37. The van der Waals surface area contributed by atoms with Crippen molar-refractivity contribution in [2.24, 2.45) is 0 Å². The Labute approximate surface area is 120 Å². The van der Waals surface area contributed by atoms with Crippen LogP contribution in [0.3, 0.4) is 0 Å². The largest absolute Gasteiger partial charge is 0.507 e. The molecule has 2 heteroatoms. The van der Waals surface area contributed by atoms with Gasteiger partial charge in [-0.15, -0.1) is 11.3 Å². The molecule has 0 saturated heterocycles. The molecule has 0 atom stereocenters. The van der Waals surface area contributed by atoms with E-state index < -0.39 is 0 Å². The zero-order valence-electron chi connectivity index (χ0n) is 13.0. The number of aromatic hydroxyl groups is 1. The van der Waals surface area contributed by atoms with Crippen molar-refractivity contribution >= 4 is 21.4 Å². The van der Waals surface area contributed by atoms with Crippen LogP contribution in [0.5, 0.6) is 5.75 Å². The summed E-state index contributed by atoms with van der Waals surface area (Å²) in [4.78, 5) is 1.30. The number of phenols is 1. The standard InChI is InChI=1S/C17H24OS/c1-10-8-11-13(19-10)9-12(16(2,3)4)15(18)14(11)17(5,6)7/h8-9,18H,1-7H3. The highest BCUT2D eigenvalue weighted by molar-refractivity contribution is 7.19. The Morgan fingerprint density at radius 2 is 1.53 bits per heavy atom.